The molecule has 0 spiro atoms. The van der Waals surface area contributed by atoms with Gasteiger partial charge in [-0.15, -0.1) is 0 Å². The Morgan fingerprint density at radius 3 is 2.23 bits per heavy atom. The lowest BCUT2D eigenvalue weighted by Gasteiger charge is -2.23. The maximum atomic E-state index is 12.2. The Kier molecular flexibility index (Phi) is 5.58. The summed E-state index contributed by atoms with van der Waals surface area (Å²) in [7, 11) is 0. The summed E-state index contributed by atoms with van der Waals surface area (Å²) in [5, 5.41) is 2.80. The SMILES string of the molecule is CCC(C)(C)C(=O)Nc1ccccc1OC(=O)OC(C)(C)C. The first kappa shape index (κ1) is 18.0. The maximum absolute atomic E-state index is 12.2. The van der Waals surface area contributed by atoms with Crippen molar-refractivity contribution in [3.8, 4) is 5.75 Å². The van der Waals surface area contributed by atoms with Gasteiger partial charge in [0.2, 0.25) is 5.91 Å². The van der Waals surface area contributed by atoms with Crippen LogP contribution in [0.25, 0.3) is 0 Å². The molecule has 0 aliphatic rings. The highest BCUT2D eigenvalue weighted by molar-refractivity contribution is 5.96. The number of amides is 1. The molecule has 122 valence electrons. The van der Waals surface area contributed by atoms with Crippen LogP contribution in [0.5, 0.6) is 5.75 Å². The van der Waals surface area contributed by atoms with Crippen LogP contribution in [0.15, 0.2) is 24.3 Å². The van der Waals surface area contributed by atoms with Crippen molar-refractivity contribution in [2.75, 3.05) is 5.32 Å². The predicted octanol–water partition coefficient (Wildman–Crippen LogP) is 4.38. The summed E-state index contributed by atoms with van der Waals surface area (Å²) in [5.74, 6) is 0.132. The van der Waals surface area contributed by atoms with Crippen LogP contribution in [0.2, 0.25) is 0 Å². The van der Waals surface area contributed by atoms with Gasteiger partial charge in [0.25, 0.3) is 0 Å². The molecule has 5 heteroatoms. The molecule has 0 bridgehead atoms. The Hall–Kier alpha value is -2.04. The van der Waals surface area contributed by atoms with Gasteiger partial charge in [0.05, 0.1) is 5.69 Å². The first-order valence-electron chi connectivity index (χ1n) is 7.36. The Balaban J connectivity index is 2.87. The molecule has 0 saturated heterocycles. The van der Waals surface area contributed by atoms with Gasteiger partial charge in [-0.05, 0) is 39.3 Å². The third-order valence-corrected chi connectivity index (χ3v) is 3.22. The van der Waals surface area contributed by atoms with Gasteiger partial charge in [0.15, 0.2) is 5.75 Å². The van der Waals surface area contributed by atoms with Crippen molar-refractivity contribution in [2.45, 2.75) is 53.6 Å². The van der Waals surface area contributed by atoms with Crippen LogP contribution in [0.1, 0.15) is 48.0 Å². The van der Waals surface area contributed by atoms with E-state index in [1.165, 1.54) is 0 Å². The van der Waals surface area contributed by atoms with Crippen LogP contribution in [-0.4, -0.2) is 17.7 Å². The maximum Gasteiger partial charge on any atom is 0.514 e. The number of rotatable bonds is 4. The van der Waals surface area contributed by atoms with Crippen molar-refractivity contribution in [2.24, 2.45) is 5.41 Å². The quantitative estimate of drug-likeness (QED) is 0.662. The molecule has 1 aromatic carbocycles. The largest absolute Gasteiger partial charge is 0.514 e. The van der Waals surface area contributed by atoms with Gasteiger partial charge in [-0.1, -0.05) is 32.9 Å². The molecule has 5 nitrogen and oxygen atoms in total. The van der Waals surface area contributed by atoms with Gasteiger partial charge >= 0.3 is 6.16 Å². The third kappa shape index (κ3) is 5.39. The molecule has 0 unspecified atom stereocenters. The van der Waals surface area contributed by atoms with E-state index in [1.807, 2.05) is 20.8 Å². The Morgan fingerprint density at radius 1 is 1.09 bits per heavy atom. The van der Waals surface area contributed by atoms with Crippen molar-refractivity contribution in [3.63, 3.8) is 0 Å². The van der Waals surface area contributed by atoms with Crippen molar-refractivity contribution < 1.29 is 19.1 Å². The number of carbonyl (C=O) groups excluding carboxylic acids is 2. The van der Waals surface area contributed by atoms with E-state index in [2.05, 4.69) is 5.32 Å². The molecule has 22 heavy (non-hydrogen) atoms. The van der Waals surface area contributed by atoms with Crippen LogP contribution >= 0.6 is 0 Å². The van der Waals surface area contributed by atoms with Gasteiger partial charge in [0.1, 0.15) is 5.60 Å². The molecule has 0 radical (unpaired) electrons. The molecule has 1 aromatic rings. The molecule has 0 saturated carbocycles. The second-order valence-electron chi connectivity index (χ2n) is 6.75. The minimum absolute atomic E-state index is 0.129. The topological polar surface area (TPSA) is 64.6 Å². The molecule has 1 rings (SSSR count). The first-order chi connectivity index (χ1) is 10.0. The predicted molar refractivity (Wildman–Crippen MR) is 86.0 cm³/mol. The van der Waals surface area contributed by atoms with Crippen LogP contribution < -0.4 is 10.1 Å². The molecule has 1 N–H and O–H groups in total. The fraction of sp³-hybridized carbons (Fsp3) is 0.529. The van der Waals surface area contributed by atoms with Crippen molar-refractivity contribution in [3.05, 3.63) is 24.3 Å². The zero-order chi connectivity index (χ0) is 17.0. The van der Waals surface area contributed by atoms with Crippen LogP contribution in [0.3, 0.4) is 0 Å². The number of carbonyl (C=O) groups is 2. The smallest absolute Gasteiger partial charge is 0.428 e. The average molecular weight is 307 g/mol. The lowest BCUT2D eigenvalue weighted by atomic mass is 9.89. The zero-order valence-electron chi connectivity index (χ0n) is 14.1. The molecule has 0 aliphatic carbocycles. The van der Waals surface area contributed by atoms with E-state index in [4.69, 9.17) is 9.47 Å². The highest BCUT2D eigenvalue weighted by Gasteiger charge is 2.26. The normalized spacial score (nSPS) is 11.7. The van der Waals surface area contributed by atoms with Gasteiger partial charge < -0.3 is 14.8 Å². The number of para-hydroxylation sites is 2. The lowest BCUT2D eigenvalue weighted by Crippen LogP contribution is -2.30. The summed E-state index contributed by atoms with van der Waals surface area (Å²) >= 11 is 0. The standard InChI is InChI=1S/C17H25NO4/c1-7-17(5,6)14(19)18-12-10-8-9-11-13(12)21-15(20)22-16(2,3)4/h8-11H,7H2,1-6H3,(H,18,19). The number of ether oxygens (including phenoxy) is 2. The van der Waals surface area contributed by atoms with Gasteiger partial charge in [-0.25, -0.2) is 4.79 Å². The van der Waals surface area contributed by atoms with E-state index >= 15 is 0 Å². The number of anilines is 1. The van der Waals surface area contributed by atoms with Gasteiger partial charge in [0, 0.05) is 5.41 Å². The monoisotopic (exact) mass is 307 g/mol. The number of hydrogen-bond acceptors (Lipinski definition) is 4. The van der Waals surface area contributed by atoms with Gasteiger partial charge in [-0.3, -0.25) is 4.79 Å². The van der Waals surface area contributed by atoms with E-state index in [0.717, 1.165) is 0 Å². The molecule has 0 heterocycles. The number of hydrogen-bond donors (Lipinski definition) is 1. The minimum atomic E-state index is -0.802. The summed E-state index contributed by atoms with van der Waals surface area (Å²) in [6.45, 7) is 10.9. The van der Waals surface area contributed by atoms with Crippen LogP contribution in [-0.2, 0) is 9.53 Å². The molecule has 0 fully saturated rings. The highest BCUT2D eigenvalue weighted by Crippen LogP contribution is 2.28. The molecule has 0 aliphatic heterocycles. The lowest BCUT2D eigenvalue weighted by molar-refractivity contribution is -0.124. The summed E-state index contributed by atoms with van der Waals surface area (Å²) < 4.78 is 10.3. The van der Waals surface area contributed by atoms with Crippen molar-refractivity contribution >= 4 is 17.7 Å². The fourth-order valence-corrected chi connectivity index (χ4v) is 1.47. The van der Waals surface area contributed by atoms with Crippen molar-refractivity contribution in [1.29, 1.82) is 0 Å². The van der Waals surface area contributed by atoms with E-state index in [9.17, 15) is 9.59 Å². The minimum Gasteiger partial charge on any atom is -0.428 e. The van der Waals surface area contributed by atoms with Crippen molar-refractivity contribution in [1.82, 2.24) is 0 Å². The molecule has 1 amide bonds. The molecule has 0 atom stereocenters. The summed E-state index contributed by atoms with van der Waals surface area (Å²) in [5.41, 5.74) is -0.696. The Bertz CT molecular complexity index is 544. The average Bonchev–Trinajstić information content (AvgIpc) is 2.38. The third-order valence-electron chi connectivity index (χ3n) is 3.22. The first-order valence-corrected chi connectivity index (χ1v) is 7.36. The summed E-state index contributed by atoms with van der Waals surface area (Å²) in [6.07, 6.45) is -0.0996. The van der Waals surface area contributed by atoms with E-state index in [-0.39, 0.29) is 11.7 Å². The van der Waals surface area contributed by atoms with E-state index in [1.54, 1.807) is 45.0 Å². The highest BCUT2D eigenvalue weighted by atomic mass is 16.7. The Morgan fingerprint density at radius 2 is 1.68 bits per heavy atom. The second-order valence-corrected chi connectivity index (χ2v) is 6.75. The summed E-state index contributed by atoms with van der Waals surface area (Å²) in [4.78, 5) is 24.0. The second kappa shape index (κ2) is 6.81. The molecule has 0 aromatic heterocycles. The zero-order valence-corrected chi connectivity index (χ0v) is 14.1. The van der Waals surface area contributed by atoms with Crippen LogP contribution in [0, 0.1) is 5.41 Å². The summed E-state index contributed by atoms with van der Waals surface area (Å²) in [6, 6.07) is 6.78. The fourth-order valence-electron chi connectivity index (χ4n) is 1.47. The number of nitrogens with one attached hydrogen (secondary N) is 1. The van der Waals surface area contributed by atoms with Gasteiger partial charge in [-0.2, -0.15) is 0 Å². The molecular weight excluding hydrogens is 282 g/mol. The van der Waals surface area contributed by atoms with Crippen LogP contribution in [0.4, 0.5) is 10.5 Å². The van der Waals surface area contributed by atoms with E-state index < -0.39 is 17.2 Å². The number of benzene rings is 1. The van der Waals surface area contributed by atoms with E-state index in [0.29, 0.717) is 12.1 Å². The Labute approximate surface area is 132 Å². The molecular formula is C17H25NO4.